The molecule has 31 heavy (non-hydrogen) atoms. The molecule has 0 radical (unpaired) electrons. The van der Waals surface area contributed by atoms with Gasteiger partial charge in [-0.15, -0.1) is 0 Å². The molecular formula is C24H44N6S. The zero-order valence-corrected chi connectivity index (χ0v) is 21.6. The lowest BCUT2D eigenvalue weighted by Gasteiger charge is -2.26. The lowest BCUT2D eigenvalue weighted by Crippen LogP contribution is -2.34. The summed E-state index contributed by atoms with van der Waals surface area (Å²) in [5.74, 6) is 1.42. The maximum Gasteiger partial charge on any atom is 0.190 e. The largest absolute Gasteiger partial charge is 0.378 e. The number of rotatable bonds is 5. The highest BCUT2D eigenvalue weighted by Crippen LogP contribution is 2.30. The predicted octanol–water partition coefficient (Wildman–Crippen LogP) is 5.59. The highest BCUT2D eigenvalue weighted by Gasteiger charge is 2.17. The third kappa shape index (κ3) is 10.9. The van der Waals surface area contributed by atoms with Crippen molar-refractivity contribution in [1.29, 1.82) is 0 Å². The average molecular weight is 449 g/mol. The maximum atomic E-state index is 4.53. The summed E-state index contributed by atoms with van der Waals surface area (Å²) in [6.07, 6.45) is 11.9. The van der Waals surface area contributed by atoms with Crippen LogP contribution in [0.3, 0.4) is 0 Å². The van der Waals surface area contributed by atoms with Crippen molar-refractivity contribution in [1.82, 2.24) is 15.6 Å². The van der Waals surface area contributed by atoms with E-state index in [1.807, 2.05) is 39.4 Å². The Labute approximate surface area is 194 Å². The third-order valence-corrected chi connectivity index (χ3v) is 6.28. The van der Waals surface area contributed by atoms with E-state index in [2.05, 4.69) is 71.9 Å². The van der Waals surface area contributed by atoms with Crippen molar-refractivity contribution >= 4 is 33.8 Å². The summed E-state index contributed by atoms with van der Waals surface area (Å²) in [6, 6.07) is 0.600. The van der Waals surface area contributed by atoms with E-state index in [1.54, 1.807) is 11.3 Å². The summed E-state index contributed by atoms with van der Waals surface area (Å²) < 4.78 is 0. The van der Waals surface area contributed by atoms with Gasteiger partial charge in [-0.2, -0.15) is 0 Å². The molecule has 4 N–H and O–H groups in total. The van der Waals surface area contributed by atoms with Crippen LogP contribution in [0.25, 0.3) is 6.08 Å². The van der Waals surface area contributed by atoms with E-state index in [4.69, 9.17) is 0 Å². The fourth-order valence-electron chi connectivity index (χ4n) is 2.77. The molecule has 0 spiro atoms. The van der Waals surface area contributed by atoms with Gasteiger partial charge in [-0.1, -0.05) is 45.1 Å². The molecule has 3 heterocycles. The van der Waals surface area contributed by atoms with Gasteiger partial charge in [-0.25, -0.2) is 9.98 Å². The molecule has 0 saturated carbocycles. The van der Waals surface area contributed by atoms with Gasteiger partial charge in [0.05, 0.1) is 5.69 Å². The van der Waals surface area contributed by atoms with Gasteiger partial charge in [0.1, 0.15) is 10.8 Å². The van der Waals surface area contributed by atoms with Crippen molar-refractivity contribution in [3.63, 3.8) is 0 Å². The van der Waals surface area contributed by atoms with E-state index >= 15 is 0 Å². The molecule has 3 rings (SSSR count). The number of aromatic nitrogens is 1. The average Bonchev–Trinajstić information content (AvgIpc) is 3.41. The van der Waals surface area contributed by atoms with Crippen LogP contribution in [-0.4, -0.2) is 44.4 Å². The van der Waals surface area contributed by atoms with E-state index in [0.29, 0.717) is 17.4 Å². The van der Waals surface area contributed by atoms with E-state index in [0.717, 1.165) is 28.1 Å². The van der Waals surface area contributed by atoms with Crippen LogP contribution in [-0.2, 0) is 0 Å². The predicted molar refractivity (Wildman–Crippen MR) is 140 cm³/mol. The molecule has 1 aromatic rings. The zero-order valence-electron chi connectivity index (χ0n) is 20.8. The standard InChI is InChI=1S/C13H18N4S.C7H17N.C4H9N/c1-4-5-10-12(14-3)18-13(16-10)17-11-8-9(2)6-7-15-11;1-6(8-5)7(2,3)4;1-2-4-5-3-1/h4-5,7-9,14H,6H2,1-3H3,(H,16,17);6,8H,1-5H3;5H,1-4H2/b5-4-;;/t;6-;/m.0./s1. The number of aliphatic imine (C=N–C) groups is 1. The Morgan fingerprint density at radius 1 is 1.23 bits per heavy atom. The van der Waals surface area contributed by atoms with E-state index in [1.165, 1.54) is 25.9 Å². The van der Waals surface area contributed by atoms with Crippen LogP contribution >= 0.6 is 11.3 Å². The summed E-state index contributed by atoms with van der Waals surface area (Å²) in [6.45, 7) is 15.6. The summed E-state index contributed by atoms with van der Waals surface area (Å²) in [7, 11) is 3.90. The Hall–Kier alpha value is -1.70. The normalized spacial score (nSPS) is 19.1. The van der Waals surface area contributed by atoms with Crippen LogP contribution in [0.4, 0.5) is 10.1 Å². The Bertz CT molecular complexity index is 703. The molecule has 2 aliphatic heterocycles. The lowest BCUT2D eigenvalue weighted by atomic mass is 9.88. The fraction of sp³-hybridized carbons (Fsp3) is 0.667. The molecule has 0 bridgehead atoms. The minimum atomic E-state index is 0.398. The summed E-state index contributed by atoms with van der Waals surface area (Å²) in [4.78, 5) is 8.87. The number of nitrogens with zero attached hydrogens (tertiary/aromatic N) is 2. The molecule has 1 fully saturated rings. The van der Waals surface area contributed by atoms with Crippen LogP contribution < -0.4 is 21.3 Å². The second-order valence-corrected chi connectivity index (χ2v) is 10.0. The number of thiazole rings is 1. The topological polar surface area (TPSA) is 73.4 Å². The Kier molecular flexibility index (Phi) is 12.7. The molecule has 0 aromatic carbocycles. The summed E-state index contributed by atoms with van der Waals surface area (Å²) in [5, 5.41) is 14.8. The lowest BCUT2D eigenvalue weighted by molar-refractivity contribution is 0.301. The molecule has 2 aliphatic rings. The van der Waals surface area contributed by atoms with Gasteiger partial charge in [0, 0.05) is 19.3 Å². The van der Waals surface area contributed by atoms with E-state index < -0.39 is 0 Å². The fourth-order valence-corrected chi connectivity index (χ4v) is 3.59. The van der Waals surface area contributed by atoms with Crippen LogP contribution in [0.2, 0.25) is 0 Å². The monoisotopic (exact) mass is 448 g/mol. The molecule has 0 aliphatic carbocycles. The maximum absolute atomic E-state index is 4.53. The Morgan fingerprint density at radius 2 is 1.90 bits per heavy atom. The van der Waals surface area contributed by atoms with Crippen LogP contribution in [0.5, 0.6) is 0 Å². The molecular weight excluding hydrogens is 404 g/mol. The first-order chi connectivity index (χ1) is 14.7. The van der Waals surface area contributed by atoms with Crippen LogP contribution in [0.1, 0.15) is 66.5 Å². The van der Waals surface area contributed by atoms with Crippen molar-refractivity contribution in [2.75, 3.05) is 37.8 Å². The molecule has 1 unspecified atom stereocenters. The molecule has 6 nitrogen and oxygen atoms in total. The molecule has 176 valence electrons. The zero-order chi connectivity index (χ0) is 23.3. The van der Waals surface area contributed by atoms with Crippen molar-refractivity contribution in [2.24, 2.45) is 16.3 Å². The minimum Gasteiger partial charge on any atom is -0.378 e. The second-order valence-electron chi connectivity index (χ2n) is 9.02. The first-order valence-corrected chi connectivity index (χ1v) is 12.2. The second kappa shape index (κ2) is 14.4. The van der Waals surface area contributed by atoms with E-state index in [9.17, 15) is 0 Å². The van der Waals surface area contributed by atoms with Gasteiger partial charge in [0.2, 0.25) is 0 Å². The smallest absolute Gasteiger partial charge is 0.190 e. The summed E-state index contributed by atoms with van der Waals surface area (Å²) >= 11 is 1.60. The molecule has 7 heteroatoms. The van der Waals surface area contributed by atoms with Gasteiger partial charge in [-0.3, -0.25) is 0 Å². The van der Waals surface area contributed by atoms with Crippen molar-refractivity contribution < 1.29 is 0 Å². The highest BCUT2D eigenvalue weighted by atomic mass is 32.1. The van der Waals surface area contributed by atoms with Gasteiger partial charge >= 0.3 is 0 Å². The third-order valence-electron chi connectivity index (χ3n) is 5.28. The first kappa shape index (κ1) is 27.3. The van der Waals surface area contributed by atoms with Crippen LogP contribution in [0, 0.1) is 11.3 Å². The van der Waals surface area contributed by atoms with Gasteiger partial charge < -0.3 is 21.3 Å². The van der Waals surface area contributed by atoms with Gasteiger partial charge in [-0.05, 0) is 76.7 Å². The molecule has 0 amide bonds. The quantitative estimate of drug-likeness (QED) is 0.472. The van der Waals surface area contributed by atoms with Gasteiger partial charge in [0.15, 0.2) is 5.13 Å². The number of allylic oxidation sites excluding steroid dienone is 2. The number of nitrogens with one attached hydrogen (secondary N) is 4. The molecule has 1 saturated heterocycles. The SMILES string of the molecule is C/C=C\c1nc(NC2=CC(C)CC=N2)sc1NC.C1CCNC1.CN[C@@H](C)C(C)(C)C. The number of hydrogen-bond acceptors (Lipinski definition) is 7. The van der Waals surface area contributed by atoms with E-state index in [-0.39, 0.29) is 0 Å². The molecule has 1 aromatic heterocycles. The van der Waals surface area contributed by atoms with Gasteiger partial charge in [0.25, 0.3) is 0 Å². The Morgan fingerprint density at radius 3 is 2.32 bits per heavy atom. The summed E-state index contributed by atoms with van der Waals surface area (Å²) in [5.41, 5.74) is 1.36. The Balaban J connectivity index is 0.000000304. The number of hydrogen-bond donors (Lipinski definition) is 4. The highest BCUT2D eigenvalue weighted by molar-refractivity contribution is 7.19. The minimum absolute atomic E-state index is 0.398. The molecule has 2 atom stereocenters. The first-order valence-electron chi connectivity index (χ1n) is 11.4. The van der Waals surface area contributed by atoms with Crippen molar-refractivity contribution in [3.05, 3.63) is 23.7 Å². The number of anilines is 2. The van der Waals surface area contributed by atoms with Crippen molar-refractivity contribution in [3.8, 4) is 0 Å². The van der Waals surface area contributed by atoms with Crippen LogP contribution in [0.15, 0.2) is 23.0 Å². The van der Waals surface area contributed by atoms with Crippen molar-refractivity contribution in [2.45, 2.75) is 66.8 Å².